The van der Waals surface area contributed by atoms with Crippen molar-refractivity contribution < 1.29 is 13.2 Å². The predicted molar refractivity (Wildman–Crippen MR) is 120 cm³/mol. The Hall–Kier alpha value is -3.39. The number of aryl methyl sites for hydroxylation is 1. The molecule has 5 rings (SSSR count). The zero-order chi connectivity index (χ0) is 21.8. The molecule has 0 N–H and O–H groups in total. The minimum atomic E-state index is -3.77. The third-order valence-corrected chi connectivity index (χ3v) is 7.43. The lowest BCUT2D eigenvalue weighted by molar-refractivity contribution is -0.116. The molecular weight excluding hydrogens is 412 g/mol. The smallest absolute Gasteiger partial charge is 0.268 e. The Morgan fingerprint density at radius 1 is 1.00 bits per heavy atom. The molecule has 0 radical (unpaired) electrons. The number of para-hydroxylation sites is 1. The van der Waals surface area contributed by atoms with Crippen LogP contribution in [0.25, 0.3) is 22.2 Å². The average Bonchev–Trinajstić information content (AvgIpc) is 3.31. The fraction of sp³-hybridized carbons (Fsp3) is 0.217. The molecule has 8 heteroatoms. The summed E-state index contributed by atoms with van der Waals surface area (Å²) in [5.41, 5.74) is 3.01. The van der Waals surface area contributed by atoms with E-state index in [1.165, 1.54) is 10.9 Å². The van der Waals surface area contributed by atoms with Crippen molar-refractivity contribution in [2.45, 2.75) is 31.7 Å². The van der Waals surface area contributed by atoms with E-state index in [-0.39, 0.29) is 10.8 Å². The molecule has 158 valence electrons. The Bertz CT molecular complexity index is 1420. The standard InChI is InChI=1S/C23H22N4O3S/c1-16-22(26-14-8-13-25(17(2)28)23(26)24-16)20-15-27(21-12-7-6-11-19(20)21)31(29,30)18-9-4-3-5-10-18/h3-7,9-12,15H,8,13-14H2,1-2H3. The van der Waals surface area contributed by atoms with E-state index in [9.17, 15) is 13.2 Å². The van der Waals surface area contributed by atoms with E-state index < -0.39 is 10.0 Å². The highest BCUT2D eigenvalue weighted by atomic mass is 32.2. The van der Waals surface area contributed by atoms with Crippen molar-refractivity contribution in [2.24, 2.45) is 0 Å². The fourth-order valence-corrected chi connectivity index (χ4v) is 5.74. The van der Waals surface area contributed by atoms with Gasteiger partial charge in [-0.1, -0.05) is 36.4 Å². The number of amides is 1. The van der Waals surface area contributed by atoms with E-state index >= 15 is 0 Å². The first-order valence-electron chi connectivity index (χ1n) is 10.2. The summed E-state index contributed by atoms with van der Waals surface area (Å²) in [7, 11) is -3.77. The molecule has 0 saturated heterocycles. The molecule has 0 spiro atoms. The van der Waals surface area contributed by atoms with Crippen LogP contribution in [-0.2, 0) is 21.4 Å². The van der Waals surface area contributed by atoms with Crippen LogP contribution < -0.4 is 4.90 Å². The van der Waals surface area contributed by atoms with Crippen LogP contribution in [0.2, 0.25) is 0 Å². The second kappa shape index (κ2) is 7.09. The van der Waals surface area contributed by atoms with Crippen LogP contribution in [0, 0.1) is 6.92 Å². The van der Waals surface area contributed by atoms with Gasteiger partial charge in [-0.25, -0.2) is 17.4 Å². The average molecular weight is 435 g/mol. The summed E-state index contributed by atoms with van der Waals surface area (Å²) in [6.07, 6.45) is 2.49. The molecule has 2 aromatic carbocycles. The Morgan fingerprint density at radius 2 is 1.71 bits per heavy atom. The predicted octanol–water partition coefficient (Wildman–Crippen LogP) is 3.81. The summed E-state index contributed by atoms with van der Waals surface area (Å²) >= 11 is 0. The van der Waals surface area contributed by atoms with Gasteiger partial charge in [0.25, 0.3) is 10.0 Å². The molecule has 1 amide bonds. The lowest BCUT2D eigenvalue weighted by Gasteiger charge is -2.27. The van der Waals surface area contributed by atoms with Crippen molar-refractivity contribution in [3.63, 3.8) is 0 Å². The van der Waals surface area contributed by atoms with Gasteiger partial charge >= 0.3 is 0 Å². The van der Waals surface area contributed by atoms with Crippen LogP contribution in [0.15, 0.2) is 65.7 Å². The molecule has 0 aliphatic carbocycles. The van der Waals surface area contributed by atoms with Crippen molar-refractivity contribution in [3.05, 3.63) is 66.5 Å². The number of carbonyl (C=O) groups excluding carboxylic acids is 1. The van der Waals surface area contributed by atoms with Crippen LogP contribution in [0.4, 0.5) is 5.95 Å². The molecule has 3 heterocycles. The summed E-state index contributed by atoms with van der Waals surface area (Å²) in [6.45, 7) is 4.80. The number of nitrogens with zero attached hydrogens (tertiary/aromatic N) is 4. The molecule has 2 aromatic heterocycles. The molecule has 1 aliphatic heterocycles. The highest BCUT2D eigenvalue weighted by Crippen LogP contribution is 2.38. The first kappa shape index (κ1) is 19.6. The van der Waals surface area contributed by atoms with Gasteiger partial charge in [-0.2, -0.15) is 0 Å². The van der Waals surface area contributed by atoms with Gasteiger partial charge in [0, 0.05) is 37.2 Å². The topological polar surface area (TPSA) is 77.2 Å². The van der Waals surface area contributed by atoms with Gasteiger partial charge in [-0.05, 0) is 31.5 Å². The highest BCUT2D eigenvalue weighted by molar-refractivity contribution is 7.90. The summed E-state index contributed by atoms with van der Waals surface area (Å²) in [5, 5.41) is 0.827. The fourth-order valence-electron chi connectivity index (χ4n) is 4.35. The van der Waals surface area contributed by atoms with Crippen molar-refractivity contribution in [1.82, 2.24) is 13.5 Å². The summed E-state index contributed by atoms with van der Waals surface area (Å²) in [5.74, 6) is 0.570. The largest absolute Gasteiger partial charge is 0.309 e. The maximum atomic E-state index is 13.4. The lowest BCUT2D eigenvalue weighted by Crippen LogP contribution is -2.36. The molecule has 1 aliphatic rings. The SMILES string of the molecule is CC(=O)N1CCCn2c1nc(C)c2-c1cn(S(=O)(=O)c2ccccc2)c2ccccc12. The van der Waals surface area contributed by atoms with Gasteiger partial charge in [0.2, 0.25) is 11.9 Å². The third-order valence-electron chi connectivity index (χ3n) is 5.74. The van der Waals surface area contributed by atoms with E-state index in [0.29, 0.717) is 18.0 Å². The first-order valence-corrected chi connectivity index (χ1v) is 11.6. The van der Waals surface area contributed by atoms with Crippen LogP contribution in [0.3, 0.4) is 0 Å². The number of carbonyl (C=O) groups is 1. The molecular formula is C23H22N4O3S. The molecule has 7 nitrogen and oxygen atoms in total. The molecule has 0 unspecified atom stereocenters. The Morgan fingerprint density at radius 3 is 2.45 bits per heavy atom. The normalized spacial score (nSPS) is 14.1. The third kappa shape index (κ3) is 2.97. The Labute approximate surface area is 180 Å². The van der Waals surface area contributed by atoms with Gasteiger partial charge in [-0.3, -0.25) is 9.69 Å². The van der Waals surface area contributed by atoms with E-state index in [2.05, 4.69) is 4.98 Å². The quantitative estimate of drug-likeness (QED) is 0.491. The lowest BCUT2D eigenvalue weighted by atomic mass is 10.1. The zero-order valence-electron chi connectivity index (χ0n) is 17.3. The maximum Gasteiger partial charge on any atom is 0.268 e. The van der Waals surface area contributed by atoms with Gasteiger partial charge in [0.05, 0.1) is 21.8 Å². The summed E-state index contributed by atoms with van der Waals surface area (Å²) in [6, 6.07) is 15.9. The zero-order valence-corrected chi connectivity index (χ0v) is 18.1. The Kier molecular flexibility index (Phi) is 4.48. The van der Waals surface area contributed by atoms with Gasteiger partial charge < -0.3 is 4.57 Å². The highest BCUT2D eigenvalue weighted by Gasteiger charge is 2.29. The van der Waals surface area contributed by atoms with Crippen molar-refractivity contribution >= 4 is 32.8 Å². The summed E-state index contributed by atoms with van der Waals surface area (Å²) in [4.78, 5) is 18.7. The number of benzene rings is 2. The minimum Gasteiger partial charge on any atom is -0.309 e. The van der Waals surface area contributed by atoms with E-state index in [1.807, 2.05) is 35.8 Å². The number of rotatable bonds is 3. The van der Waals surface area contributed by atoms with Crippen molar-refractivity contribution in [3.8, 4) is 11.3 Å². The van der Waals surface area contributed by atoms with E-state index in [0.717, 1.165) is 35.3 Å². The number of hydrogen-bond acceptors (Lipinski definition) is 4. The minimum absolute atomic E-state index is 0.0495. The monoisotopic (exact) mass is 434 g/mol. The maximum absolute atomic E-state index is 13.4. The second-order valence-corrected chi connectivity index (χ2v) is 9.51. The van der Waals surface area contributed by atoms with Crippen molar-refractivity contribution in [1.29, 1.82) is 0 Å². The summed E-state index contributed by atoms with van der Waals surface area (Å²) < 4.78 is 30.2. The van der Waals surface area contributed by atoms with Gasteiger partial charge in [0.15, 0.2) is 0 Å². The molecule has 0 saturated carbocycles. The first-order chi connectivity index (χ1) is 14.9. The van der Waals surface area contributed by atoms with Crippen LogP contribution in [0.1, 0.15) is 19.0 Å². The number of anilines is 1. The Balaban J connectivity index is 1.77. The molecule has 0 atom stereocenters. The molecule has 0 bridgehead atoms. The van der Waals surface area contributed by atoms with E-state index in [1.54, 1.807) is 41.4 Å². The number of fused-ring (bicyclic) bond motifs is 2. The van der Waals surface area contributed by atoms with Gasteiger partial charge in [-0.15, -0.1) is 0 Å². The van der Waals surface area contributed by atoms with Crippen LogP contribution in [-0.4, -0.2) is 34.4 Å². The molecule has 4 aromatic rings. The van der Waals surface area contributed by atoms with Crippen LogP contribution in [0.5, 0.6) is 0 Å². The molecule has 31 heavy (non-hydrogen) atoms. The number of imidazole rings is 1. The second-order valence-electron chi connectivity index (χ2n) is 7.70. The van der Waals surface area contributed by atoms with E-state index in [4.69, 9.17) is 0 Å². The van der Waals surface area contributed by atoms with Crippen molar-refractivity contribution in [2.75, 3.05) is 11.4 Å². The molecule has 0 fully saturated rings. The van der Waals surface area contributed by atoms with Gasteiger partial charge in [0.1, 0.15) is 0 Å². The van der Waals surface area contributed by atoms with Crippen LogP contribution >= 0.6 is 0 Å². The number of hydrogen-bond donors (Lipinski definition) is 0. The number of aromatic nitrogens is 3.